The summed E-state index contributed by atoms with van der Waals surface area (Å²) in [5, 5.41) is 12.7. The molecule has 0 aromatic rings. The summed E-state index contributed by atoms with van der Waals surface area (Å²) in [7, 11) is 1.75. The first-order chi connectivity index (χ1) is 7.74. The standard InChI is InChI=1S/C12H23NO3/c1-3-16-11-6-10(12(11)15-2)13-7-8-4-9(14)5-8/h8-14H,3-7H2,1-2H3. The number of aliphatic hydroxyl groups excluding tert-OH is 1. The predicted molar refractivity (Wildman–Crippen MR) is 61.3 cm³/mol. The highest BCUT2D eigenvalue weighted by Crippen LogP contribution is 2.30. The van der Waals surface area contributed by atoms with Gasteiger partial charge in [0.1, 0.15) is 0 Å². The summed E-state index contributed by atoms with van der Waals surface area (Å²) in [4.78, 5) is 0. The molecule has 3 atom stereocenters. The molecule has 3 unspecified atom stereocenters. The lowest BCUT2D eigenvalue weighted by Crippen LogP contribution is -2.60. The van der Waals surface area contributed by atoms with Crippen LogP contribution in [0, 0.1) is 5.92 Å². The quantitative estimate of drug-likeness (QED) is 0.698. The molecular weight excluding hydrogens is 206 g/mol. The molecule has 2 rings (SSSR count). The average molecular weight is 229 g/mol. The Kier molecular flexibility index (Phi) is 4.19. The molecule has 2 N–H and O–H groups in total. The van der Waals surface area contributed by atoms with E-state index >= 15 is 0 Å². The third-order valence-electron chi connectivity index (χ3n) is 3.78. The second-order valence-electron chi connectivity index (χ2n) is 4.94. The molecule has 16 heavy (non-hydrogen) atoms. The minimum absolute atomic E-state index is 0.0532. The summed E-state index contributed by atoms with van der Waals surface area (Å²) in [5.41, 5.74) is 0. The van der Waals surface area contributed by atoms with E-state index in [0.29, 0.717) is 12.0 Å². The number of ether oxygens (including phenoxy) is 2. The van der Waals surface area contributed by atoms with Crippen molar-refractivity contribution in [2.75, 3.05) is 20.3 Å². The van der Waals surface area contributed by atoms with Crippen LogP contribution in [0.1, 0.15) is 26.2 Å². The fraction of sp³-hybridized carbons (Fsp3) is 1.00. The van der Waals surface area contributed by atoms with Gasteiger partial charge in [0.05, 0.1) is 18.3 Å². The molecule has 0 amide bonds. The normalized spacial score (nSPS) is 42.6. The van der Waals surface area contributed by atoms with Gasteiger partial charge in [0, 0.05) is 19.8 Å². The lowest BCUT2D eigenvalue weighted by molar-refractivity contribution is -0.132. The van der Waals surface area contributed by atoms with Crippen molar-refractivity contribution in [2.24, 2.45) is 5.92 Å². The van der Waals surface area contributed by atoms with Crippen molar-refractivity contribution in [3.05, 3.63) is 0 Å². The van der Waals surface area contributed by atoms with Gasteiger partial charge in [-0.05, 0) is 38.6 Å². The highest BCUT2D eigenvalue weighted by Gasteiger charge is 2.42. The van der Waals surface area contributed by atoms with Crippen LogP contribution >= 0.6 is 0 Å². The van der Waals surface area contributed by atoms with E-state index in [2.05, 4.69) is 5.32 Å². The van der Waals surface area contributed by atoms with Gasteiger partial charge in [-0.2, -0.15) is 0 Å². The molecule has 2 fully saturated rings. The number of rotatable bonds is 6. The van der Waals surface area contributed by atoms with Crippen molar-refractivity contribution in [2.45, 2.75) is 50.5 Å². The van der Waals surface area contributed by atoms with E-state index in [0.717, 1.165) is 32.4 Å². The molecule has 2 saturated carbocycles. The molecule has 0 radical (unpaired) electrons. The van der Waals surface area contributed by atoms with Gasteiger partial charge < -0.3 is 19.9 Å². The molecule has 2 aliphatic rings. The van der Waals surface area contributed by atoms with Gasteiger partial charge in [-0.15, -0.1) is 0 Å². The van der Waals surface area contributed by atoms with E-state index in [9.17, 15) is 5.11 Å². The molecule has 0 aliphatic heterocycles. The summed E-state index contributed by atoms with van der Waals surface area (Å²) in [6.45, 7) is 3.77. The van der Waals surface area contributed by atoms with E-state index in [4.69, 9.17) is 9.47 Å². The van der Waals surface area contributed by atoms with Crippen LogP contribution in [0.5, 0.6) is 0 Å². The largest absolute Gasteiger partial charge is 0.393 e. The van der Waals surface area contributed by atoms with Crippen molar-refractivity contribution < 1.29 is 14.6 Å². The molecule has 0 saturated heterocycles. The minimum Gasteiger partial charge on any atom is -0.393 e. The van der Waals surface area contributed by atoms with Crippen LogP contribution in [-0.4, -0.2) is 49.7 Å². The first kappa shape index (κ1) is 12.3. The Morgan fingerprint density at radius 3 is 2.62 bits per heavy atom. The van der Waals surface area contributed by atoms with Crippen molar-refractivity contribution in [1.82, 2.24) is 5.32 Å². The van der Waals surface area contributed by atoms with E-state index in [1.54, 1.807) is 7.11 Å². The number of hydrogen-bond donors (Lipinski definition) is 2. The van der Waals surface area contributed by atoms with Crippen molar-refractivity contribution >= 4 is 0 Å². The van der Waals surface area contributed by atoms with Crippen LogP contribution in [0.3, 0.4) is 0 Å². The summed E-state index contributed by atoms with van der Waals surface area (Å²) in [5.74, 6) is 0.652. The van der Waals surface area contributed by atoms with Gasteiger partial charge in [0.25, 0.3) is 0 Å². The van der Waals surface area contributed by atoms with Crippen LogP contribution in [0.15, 0.2) is 0 Å². The molecule has 4 nitrogen and oxygen atoms in total. The highest BCUT2D eigenvalue weighted by molar-refractivity contribution is 4.97. The lowest BCUT2D eigenvalue weighted by Gasteiger charge is -2.44. The Bertz CT molecular complexity index is 218. The summed E-state index contributed by atoms with van der Waals surface area (Å²) in [6.07, 6.45) is 3.35. The third kappa shape index (κ3) is 2.56. The molecular formula is C12H23NO3. The Balaban J connectivity index is 1.63. The predicted octanol–water partition coefficient (Wildman–Crippen LogP) is 0.539. The zero-order valence-electron chi connectivity index (χ0n) is 10.2. The highest BCUT2D eigenvalue weighted by atomic mass is 16.5. The Morgan fingerprint density at radius 2 is 2.06 bits per heavy atom. The van der Waals surface area contributed by atoms with E-state index in [-0.39, 0.29) is 18.3 Å². The van der Waals surface area contributed by atoms with Crippen LogP contribution < -0.4 is 5.32 Å². The smallest absolute Gasteiger partial charge is 0.0986 e. The Hall–Kier alpha value is -0.160. The van der Waals surface area contributed by atoms with Crippen LogP contribution in [0.25, 0.3) is 0 Å². The second-order valence-corrected chi connectivity index (χ2v) is 4.94. The fourth-order valence-corrected chi connectivity index (χ4v) is 2.66. The van der Waals surface area contributed by atoms with Crippen LogP contribution in [-0.2, 0) is 9.47 Å². The van der Waals surface area contributed by atoms with Gasteiger partial charge in [-0.1, -0.05) is 0 Å². The Labute approximate surface area is 97.3 Å². The van der Waals surface area contributed by atoms with Gasteiger partial charge in [0.15, 0.2) is 0 Å². The summed E-state index contributed by atoms with van der Waals surface area (Å²) < 4.78 is 11.0. The van der Waals surface area contributed by atoms with E-state index < -0.39 is 0 Å². The molecule has 4 heteroatoms. The topological polar surface area (TPSA) is 50.7 Å². The van der Waals surface area contributed by atoms with Crippen LogP contribution in [0.4, 0.5) is 0 Å². The number of nitrogens with one attached hydrogen (secondary N) is 1. The summed E-state index contributed by atoms with van der Waals surface area (Å²) in [6, 6.07) is 0.430. The molecule has 94 valence electrons. The summed E-state index contributed by atoms with van der Waals surface area (Å²) >= 11 is 0. The first-order valence-electron chi connectivity index (χ1n) is 6.30. The number of hydrogen-bond acceptors (Lipinski definition) is 4. The lowest BCUT2D eigenvalue weighted by atomic mass is 9.80. The van der Waals surface area contributed by atoms with Gasteiger partial charge >= 0.3 is 0 Å². The maximum atomic E-state index is 9.19. The first-order valence-corrected chi connectivity index (χ1v) is 6.30. The molecule has 2 aliphatic carbocycles. The molecule has 0 aromatic carbocycles. The molecule has 0 spiro atoms. The Morgan fingerprint density at radius 1 is 1.31 bits per heavy atom. The molecule has 0 aromatic heterocycles. The molecule has 0 bridgehead atoms. The zero-order chi connectivity index (χ0) is 11.5. The fourth-order valence-electron chi connectivity index (χ4n) is 2.66. The van der Waals surface area contributed by atoms with Crippen molar-refractivity contribution in [3.63, 3.8) is 0 Å². The zero-order valence-corrected chi connectivity index (χ0v) is 10.2. The monoisotopic (exact) mass is 229 g/mol. The van der Waals surface area contributed by atoms with Crippen molar-refractivity contribution in [1.29, 1.82) is 0 Å². The second kappa shape index (κ2) is 5.45. The maximum absolute atomic E-state index is 9.19. The van der Waals surface area contributed by atoms with Gasteiger partial charge in [0.2, 0.25) is 0 Å². The van der Waals surface area contributed by atoms with Crippen LogP contribution in [0.2, 0.25) is 0 Å². The third-order valence-corrected chi connectivity index (χ3v) is 3.78. The number of methoxy groups -OCH3 is 1. The van der Waals surface area contributed by atoms with E-state index in [1.807, 2.05) is 6.92 Å². The SMILES string of the molecule is CCOC1CC(NCC2CC(O)C2)C1OC. The maximum Gasteiger partial charge on any atom is 0.0986 e. The van der Waals surface area contributed by atoms with E-state index in [1.165, 1.54) is 0 Å². The minimum atomic E-state index is -0.0532. The van der Waals surface area contributed by atoms with Gasteiger partial charge in [-0.3, -0.25) is 0 Å². The van der Waals surface area contributed by atoms with Crippen molar-refractivity contribution in [3.8, 4) is 0 Å². The average Bonchev–Trinajstić information content (AvgIpc) is 2.19. The van der Waals surface area contributed by atoms with Gasteiger partial charge in [-0.25, -0.2) is 0 Å². The number of aliphatic hydroxyl groups is 1. The molecule has 0 heterocycles.